The molecule has 1 unspecified atom stereocenters. The zero-order valence-electron chi connectivity index (χ0n) is 12.4. The van der Waals surface area contributed by atoms with E-state index in [4.69, 9.17) is 4.74 Å². The van der Waals surface area contributed by atoms with E-state index in [9.17, 15) is 4.79 Å². The van der Waals surface area contributed by atoms with Crippen LogP contribution < -0.4 is 5.32 Å². The maximum Gasteiger partial charge on any atom is 0.243 e. The van der Waals surface area contributed by atoms with Gasteiger partial charge in [0.1, 0.15) is 0 Å². The van der Waals surface area contributed by atoms with Crippen molar-refractivity contribution in [1.82, 2.24) is 15.1 Å². The first-order valence-corrected chi connectivity index (χ1v) is 6.92. The Bertz CT molecular complexity index is 292. The third-order valence-electron chi connectivity index (χ3n) is 3.29. The smallest absolute Gasteiger partial charge is 0.243 e. The number of carbonyl (C=O) groups is 1. The molecule has 0 aromatic heterocycles. The van der Waals surface area contributed by atoms with Crippen molar-refractivity contribution >= 4 is 5.91 Å². The molecule has 0 aromatic carbocycles. The summed E-state index contributed by atoms with van der Waals surface area (Å²) < 4.78 is 5.08. The van der Waals surface area contributed by atoms with Crippen molar-refractivity contribution in [1.29, 1.82) is 0 Å². The van der Waals surface area contributed by atoms with Gasteiger partial charge in [-0.1, -0.05) is 6.08 Å². The molecule has 1 fully saturated rings. The monoisotopic (exact) mass is 269 g/mol. The van der Waals surface area contributed by atoms with Crippen molar-refractivity contribution in [3.8, 4) is 0 Å². The van der Waals surface area contributed by atoms with Crippen LogP contribution in [0.2, 0.25) is 0 Å². The topological polar surface area (TPSA) is 44.8 Å². The molecule has 0 aromatic rings. The van der Waals surface area contributed by atoms with Gasteiger partial charge in [-0.15, -0.1) is 0 Å². The molecule has 1 saturated heterocycles. The molecular formula is C14H27N3O2. The van der Waals surface area contributed by atoms with Crippen molar-refractivity contribution in [3.63, 3.8) is 0 Å². The van der Waals surface area contributed by atoms with Gasteiger partial charge in [0.25, 0.3) is 0 Å². The van der Waals surface area contributed by atoms with Crippen LogP contribution in [-0.2, 0) is 9.53 Å². The van der Waals surface area contributed by atoms with Gasteiger partial charge in [-0.05, 0) is 33.0 Å². The van der Waals surface area contributed by atoms with Gasteiger partial charge in [0.15, 0.2) is 0 Å². The van der Waals surface area contributed by atoms with Crippen molar-refractivity contribution in [2.24, 2.45) is 5.92 Å². The maximum absolute atomic E-state index is 11.6. The average molecular weight is 269 g/mol. The molecule has 5 heteroatoms. The van der Waals surface area contributed by atoms with Gasteiger partial charge in [-0.2, -0.15) is 0 Å². The number of likely N-dealkylation sites (N-methyl/N-ethyl adjacent to an activating group) is 1. The Hall–Kier alpha value is -0.910. The van der Waals surface area contributed by atoms with Crippen LogP contribution in [0.3, 0.4) is 0 Å². The lowest BCUT2D eigenvalue weighted by atomic mass is 10.1. The van der Waals surface area contributed by atoms with Gasteiger partial charge in [-0.25, -0.2) is 0 Å². The number of nitrogens with one attached hydrogen (secondary N) is 1. The number of methoxy groups -OCH3 is 1. The first-order chi connectivity index (χ1) is 9.11. The molecule has 0 saturated carbocycles. The predicted octanol–water partition coefficient (Wildman–Crippen LogP) is 0.189. The van der Waals surface area contributed by atoms with E-state index in [1.807, 2.05) is 25.1 Å². The molecule has 1 N–H and O–H groups in total. The highest BCUT2D eigenvalue weighted by Crippen LogP contribution is 2.14. The normalized spacial score (nSPS) is 20.5. The van der Waals surface area contributed by atoms with E-state index in [1.165, 1.54) is 0 Å². The first kappa shape index (κ1) is 16.1. The van der Waals surface area contributed by atoms with E-state index in [0.29, 0.717) is 5.92 Å². The Balaban J connectivity index is 2.12. The van der Waals surface area contributed by atoms with Crippen LogP contribution in [-0.4, -0.2) is 76.2 Å². The molecule has 0 spiro atoms. The van der Waals surface area contributed by atoms with Crippen molar-refractivity contribution in [2.75, 3.05) is 60.5 Å². The second-order valence-corrected chi connectivity index (χ2v) is 5.36. The minimum Gasteiger partial charge on any atom is -0.383 e. The van der Waals surface area contributed by atoms with Gasteiger partial charge in [0.2, 0.25) is 5.91 Å². The average Bonchev–Trinajstić information content (AvgIpc) is 2.81. The predicted molar refractivity (Wildman–Crippen MR) is 77.1 cm³/mol. The third kappa shape index (κ3) is 7.30. The quantitative estimate of drug-likeness (QED) is 0.639. The Kier molecular flexibility index (Phi) is 7.70. The van der Waals surface area contributed by atoms with Crippen molar-refractivity contribution < 1.29 is 9.53 Å². The summed E-state index contributed by atoms with van der Waals surface area (Å²) in [6.45, 7) is 5.51. The minimum atomic E-state index is 0.0113. The summed E-state index contributed by atoms with van der Waals surface area (Å²) in [5, 5.41) is 2.97. The lowest BCUT2D eigenvalue weighted by Gasteiger charge is -2.15. The number of nitrogens with zero attached hydrogens (tertiary/aromatic N) is 2. The third-order valence-corrected chi connectivity index (χ3v) is 3.29. The zero-order valence-corrected chi connectivity index (χ0v) is 12.4. The Morgan fingerprint density at radius 2 is 2.32 bits per heavy atom. The summed E-state index contributed by atoms with van der Waals surface area (Å²) in [5.74, 6) is 0.584. The van der Waals surface area contributed by atoms with Gasteiger partial charge in [-0.3, -0.25) is 4.79 Å². The van der Waals surface area contributed by atoms with Gasteiger partial charge >= 0.3 is 0 Å². The van der Waals surface area contributed by atoms with Crippen molar-refractivity contribution in [3.05, 3.63) is 12.2 Å². The SMILES string of the molecule is COCCN1CCC(CNC(=O)/C=C/CN(C)C)C1. The van der Waals surface area contributed by atoms with E-state index in [0.717, 1.165) is 45.8 Å². The number of ether oxygens (including phenoxy) is 1. The van der Waals surface area contributed by atoms with Crippen molar-refractivity contribution in [2.45, 2.75) is 6.42 Å². The number of hydrogen-bond donors (Lipinski definition) is 1. The summed E-state index contributed by atoms with van der Waals surface area (Å²) in [5.41, 5.74) is 0. The Morgan fingerprint density at radius 3 is 3.00 bits per heavy atom. The lowest BCUT2D eigenvalue weighted by molar-refractivity contribution is -0.116. The summed E-state index contributed by atoms with van der Waals surface area (Å²) in [4.78, 5) is 16.0. The highest BCUT2D eigenvalue weighted by atomic mass is 16.5. The van der Waals surface area contributed by atoms with Crippen LogP contribution in [0.5, 0.6) is 0 Å². The number of carbonyl (C=O) groups excluding carboxylic acids is 1. The molecule has 1 aliphatic rings. The number of hydrogen-bond acceptors (Lipinski definition) is 4. The second-order valence-electron chi connectivity index (χ2n) is 5.36. The Labute approximate surface area is 116 Å². The number of amides is 1. The minimum absolute atomic E-state index is 0.0113. The second kappa shape index (κ2) is 9.07. The van der Waals surface area contributed by atoms with E-state index in [1.54, 1.807) is 13.2 Å². The fourth-order valence-corrected chi connectivity index (χ4v) is 2.18. The van der Waals surface area contributed by atoms with Gasteiger partial charge in [0.05, 0.1) is 6.61 Å². The molecular weight excluding hydrogens is 242 g/mol. The summed E-state index contributed by atoms with van der Waals surface area (Å²) >= 11 is 0. The molecule has 1 aliphatic heterocycles. The molecule has 5 nitrogen and oxygen atoms in total. The lowest BCUT2D eigenvalue weighted by Crippen LogP contribution is -2.31. The van der Waals surface area contributed by atoms with Crippen LogP contribution >= 0.6 is 0 Å². The Morgan fingerprint density at radius 1 is 1.53 bits per heavy atom. The summed E-state index contributed by atoms with van der Waals surface area (Å²) in [7, 11) is 5.69. The summed E-state index contributed by atoms with van der Waals surface area (Å²) in [6.07, 6.45) is 4.66. The first-order valence-electron chi connectivity index (χ1n) is 6.92. The summed E-state index contributed by atoms with van der Waals surface area (Å²) in [6, 6.07) is 0. The molecule has 1 heterocycles. The number of rotatable bonds is 8. The molecule has 19 heavy (non-hydrogen) atoms. The van der Waals surface area contributed by atoms with Crippen LogP contribution in [0, 0.1) is 5.92 Å². The fraction of sp³-hybridized carbons (Fsp3) is 0.786. The van der Waals surface area contributed by atoms with E-state index >= 15 is 0 Å². The molecule has 1 atom stereocenters. The molecule has 0 bridgehead atoms. The maximum atomic E-state index is 11.6. The fourth-order valence-electron chi connectivity index (χ4n) is 2.18. The van der Waals surface area contributed by atoms with Gasteiger partial charge < -0.3 is 19.9 Å². The molecule has 1 amide bonds. The molecule has 110 valence electrons. The van der Waals surface area contributed by atoms with Gasteiger partial charge in [0, 0.05) is 39.4 Å². The van der Waals surface area contributed by atoms with Crippen LogP contribution in [0.1, 0.15) is 6.42 Å². The highest BCUT2D eigenvalue weighted by Gasteiger charge is 2.21. The molecule has 0 aliphatic carbocycles. The molecule has 1 rings (SSSR count). The van der Waals surface area contributed by atoms with E-state index in [-0.39, 0.29) is 5.91 Å². The highest BCUT2D eigenvalue weighted by molar-refractivity contribution is 5.87. The van der Waals surface area contributed by atoms with E-state index in [2.05, 4.69) is 10.2 Å². The number of likely N-dealkylation sites (tertiary alicyclic amines) is 1. The van der Waals surface area contributed by atoms with Crippen LogP contribution in [0.25, 0.3) is 0 Å². The zero-order chi connectivity index (χ0) is 14.1. The largest absolute Gasteiger partial charge is 0.383 e. The van der Waals surface area contributed by atoms with Crippen LogP contribution in [0.4, 0.5) is 0 Å². The standard InChI is InChI=1S/C14H27N3O2/c1-16(2)7-4-5-14(18)15-11-13-6-8-17(12-13)9-10-19-3/h4-5,13H,6-12H2,1-3H3,(H,15,18)/b5-4+. The molecule has 0 radical (unpaired) electrons. The van der Waals surface area contributed by atoms with Crippen LogP contribution in [0.15, 0.2) is 12.2 Å². The van der Waals surface area contributed by atoms with E-state index < -0.39 is 0 Å².